The van der Waals surface area contributed by atoms with E-state index in [1.807, 2.05) is 49.4 Å². The summed E-state index contributed by atoms with van der Waals surface area (Å²) in [5, 5.41) is 18.2. The molecule has 0 amide bonds. The maximum absolute atomic E-state index is 10.3. The van der Waals surface area contributed by atoms with E-state index in [1.54, 1.807) is 20.4 Å². The van der Waals surface area contributed by atoms with Crippen molar-refractivity contribution in [3.8, 4) is 28.3 Å². The van der Waals surface area contributed by atoms with Crippen LogP contribution in [0.4, 0.5) is 0 Å². The van der Waals surface area contributed by atoms with Crippen LogP contribution in [0.25, 0.3) is 22.4 Å². The molecule has 2 saturated heterocycles. The number of allylic oxidation sites excluding steroid dienone is 2. The first kappa shape index (κ1) is 36.0. The van der Waals surface area contributed by atoms with Crippen molar-refractivity contribution >= 4 is 28.9 Å². The summed E-state index contributed by atoms with van der Waals surface area (Å²) in [5.74, 6) is 0.447. The van der Waals surface area contributed by atoms with Crippen LogP contribution in [0.1, 0.15) is 50.3 Å². The van der Waals surface area contributed by atoms with Gasteiger partial charge in [-0.1, -0.05) is 72.3 Å². The van der Waals surface area contributed by atoms with E-state index >= 15 is 0 Å². The average molecular weight is 694 g/mol. The van der Waals surface area contributed by atoms with Crippen LogP contribution in [0.2, 0.25) is 10.0 Å². The molecule has 1 atom stereocenters. The van der Waals surface area contributed by atoms with Gasteiger partial charge in [0.05, 0.1) is 40.4 Å². The lowest BCUT2D eigenvalue weighted by molar-refractivity contribution is -0.00477. The standard InChI is InChI=1S/C37H46Cl2N6O3/c1-25-14-15-26(43-25)21-40-22-33-36(48-4)44-32(23-41-33)30-12-8-10-28(35(30)39)27-9-7-11-29(34(27)38)31(42-24-47-3)13-5-6-18-45-19-16-37(2,46)17-20-45/h5,7-13,23,26,40,43,46H,1,6,14-22,24H2,2-4H3/b13-5-,42-31+/t26-/m0/s1. The van der Waals surface area contributed by atoms with Gasteiger partial charge in [0, 0.05) is 73.8 Å². The van der Waals surface area contributed by atoms with Crippen molar-refractivity contribution in [2.45, 2.75) is 57.2 Å². The molecule has 0 saturated carbocycles. The SMILES string of the molecule is C=C1CC[C@@H](CNCc2ncc(-c3cccc(-c4cccc(C(/C=C\CCN5CCC(C)(O)CC5)=N/COC)c4Cl)c3Cl)nc2OC)N1. The van der Waals surface area contributed by atoms with E-state index in [9.17, 15) is 5.11 Å². The number of rotatable bonds is 14. The first-order valence-corrected chi connectivity index (χ1v) is 17.2. The van der Waals surface area contributed by atoms with Crippen LogP contribution in [0.3, 0.4) is 0 Å². The minimum atomic E-state index is -0.553. The molecule has 5 rings (SSSR count). The Balaban J connectivity index is 1.33. The topological polar surface area (TPSA) is 104 Å². The van der Waals surface area contributed by atoms with Crippen LogP contribution in [-0.4, -0.2) is 84.5 Å². The Bertz CT molecular complexity index is 1630. The summed E-state index contributed by atoms with van der Waals surface area (Å²) in [6, 6.07) is 12.0. The van der Waals surface area contributed by atoms with Gasteiger partial charge in [0.1, 0.15) is 12.4 Å². The third-order valence-electron chi connectivity index (χ3n) is 8.92. The molecular weight excluding hydrogens is 647 g/mol. The fourth-order valence-corrected chi connectivity index (χ4v) is 6.71. The number of aliphatic hydroxyl groups is 1. The van der Waals surface area contributed by atoms with E-state index in [0.29, 0.717) is 34.2 Å². The van der Waals surface area contributed by atoms with Crippen molar-refractivity contribution in [3.63, 3.8) is 0 Å². The molecule has 2 aliphatic rings. The molecule has 0 unspecified atom stereocenters. The number of nitrogens with one attached hydrogen (secondary N) is 2. The van der Waals surface area contributed by atoms with E-state index < -0.39 is 5.60 Å². The molecule has 256 valence electrons. The minimum absolute atomic E-state index is 0.205. The average Bonchev–Trinajstić information content (AvgIpc) is 3.50. The van der Waals surface area contributed by atoms with E-state index in [1.165, 1.54) is 0 Å². The number of aromatic nitrogens is 2. The molecule has 48 heavy (non-hydrogen) atoms. The predicted molar refractivity (Wildman–Crippen MR) is 195 cm³/mol. The molecular formula is C37H46Cl2N6O3. The Hall–Kier alpha value is -3.31. The van der Waals surface area contributed by atoms with Crippen molar-refractivity contribution in [3.05, 3.63) is 88.3 Å². The van der Waals surface area contributed by atoms with Gasteiger partial charge in [-0.05, 0) is 45.1 Å². The number of methoxy groups -OCH3 is 2. The molecule has 3 N–H and O–H groups in total. The number of piperidine rings is 1. The minimum Gasteiger partial charge on any atom is -0.480 e. The highest BCUT2D eigenvalue weighted by molar-refractivity contribution is 6.40. The number of likely N-dealkylation sites (tertiary alicyclic amines) is 1. The fourth-order valence-electron chi connectivity index (χ4n) is 6.06. The highest BCUT2D eigenvalue weighted by atomic mass is 35.5. The van der Waals surface area contributed by atoms with Gasteiger partial charge >= 0.3 is 0 Å². The molecule has 0 bridgehead atoms. The van der Waals surface area contributed by atoms with Gasteiger partial charge < -0.3 is 30.1 Å². The first-order valence-electron chi connectivity index (χ1n) is 16.5. The highest BCUT2D eigenvalue weighted by Gasteiger charge is 2.26. The van der Waals surface area contributed by atoms with Gasteiger partial charge in [0.25, 0.3) is 0 Å². The number of ether oxygens (including phenoxy) is 2. The zero-order valence-corrected chi connectivity index (χ0v) is 29.6. The normalized spacial score (nSPS) is 18.4. The summed E-state index contributed by atoms with van der Waals surface area (Å²) in [6.45, 7) is 10.2. The van der Waals surface area contributed by atoms with E-state index in [2.05, 4.69) is 38.2 Å². The molecule has 9 nitrogen and oxygen atoms in total. The Morgan fingerprint density at radius 1 is 1.15 bits per heavy atom. The summed E-state index contributed by atoms with van der Waals surface area (Å²) in [6.07, 6.45) is 10.4. The molecule has 1 aromatic heterocycles. The van der Waals surface area contributed by atoms with Crippen LogP contribution < -0.4 is 15.4 Å². The van der Waals surface area contributed by atoms with E-state index in [0.717, 1.165) is 97.6 Å². The first-order chi connectivity index (χ1) is 23.2. The quantitative estimate of drug-likeness (QED) is 0.161. The van der Waals surface area contributed by atoms with Crippen molar-refractivity contribution in [1.82, 2.24) is 25.5 Å². The predicted octanol–water partition coefficient (Wildman–Crippen LogP) is 6.67. The molecule has 2 fully saturated rings. The summed E-state index contributed by atoms with van der Waals surface area (Å²) in [4.78, 5) is 16.5. The Morgan fingerprint density at radius 3 is 2.58 bits per heavy atom. The van der Waals surface area contributed by atoms with Gasteiger partial charge in [-0.15, -0.1) is 0 Å². The van der Waals surface area contributed by atoms with Crippen LogP contribution in [-0.2, 0) is 11.3 Å². The third kappa shape index (κ3) is 9.22. The van der Waals surface area contributed by atoms with Crippen molar-refractivity contribution in [2.24, 2.45) is 4.99 Å². The molecule has 2 aliphatic heterocycles. The lowest BCUT2D eigenvalue weighted by Gasteiger charge is -2.35. The molecule has 0 spiro atoms. The van der Waals surface area contributed by atoms with Crippen LogP contribution in [0, 0.1) is 0 Å². The highest BCUT2D eigenvalue weighted by Crippen LogP contribution is 2.40. The zero-order valence-electron chi connectivity index (χ0n) is 28.1. The maximum Gasteiger partial charge on any atom is 0.237 e. The second kappa shape index (κ2) is 16.9. The number of nitrogens with zero attached hydrogens (tertiary/aromatic N) is 4. The van der Waals surface area contributed by atoms with Gasteiger partial charge in [0.2, 0.25) is 5.88 Å². The lowest BCUT2D eigenvalue weighted by Crippen LogP contribution is -2.42. The molecule has 0 aliphatic carbocycles. The summed E-state index contributed by atoms with van der Waals surface area (Å²) < 4.78 is 10.9. The van der Waals surface area contributed by atoms with Crippen molar-refractivity contribution < 1.29 is 14.6 Å². The van der Waals surface area contributed by atoms with Gasteiger partial charge in [-0.2, -0.15) is 0 Å². The summed E-state index contributed by atoms with van der Waals surface area (Å²) in [7, 11) is 3.21. The Morgan fingerprint density at radius 2 is 1.88 bits per heavy atom. The number of hydrogen-bond acceptors (Lipinski definition) is 9. The summed E-state index contributed by atoms with van der Waals surface area (Å²) >= 11 is 14.2. The van der Waals surface area contributed by atoms with Crippen LogP contribution in [0.5, 0.6) is 5.88 Å². The maximum atomic E-state index is 10.3. The third-order valence-corrected chi connectivity index (χ3v) is 9.73. The van der Waals surface area contributed by atoms with E-state index in [-0.39, 0.29) is 6.73 Å². The number of hydrogen-bond donors (Lipinski definition) is 3. The number of benzene rings is 2. The summed E-state index contributed by atoms with van der Waals surface area (Å²) in [5.41, 5.74) is 5.65. The van der Waals surface area contributed by atoms with Gasteiger partial charge in [-0.3, -0.25) is 9.98 Å². The smallest absolute Gasteiger partial charge is 0.237 e. The number of aliphatic imine (C=N–C) groups is 1. The molecule has 3 heterocycles. The lowest BCUT2D eigenvalue weighted by atomic mass is 9.94. The molecule has 11 heteroatoms. The fraction of sp³-hybridized carbons (Fsp3) is 0.432. The molecule has 2 aromatic carbocycles. The van der Waals surface area contributed by atoms with Crippen molar-refractivity contribution in [2.75, 3.05) is 47.1 Å². The molecule has 3 aromatic rings. The second-order valence-corrected chi connectivity index (χ2v) is 13.4. The van der Waals surface area contributed by atoms with Gasteiger partial charge in [0.15, 0.2) is 0 Å². The second-order valence-electron chi connectivity index (χ2n) is 12.7. The van der Waals surface area contributed by atoms with Crippen molar-refractivity contribution in [1.29, 1.82) is 0 Å². The monoisotopic (exact) mass is 692 g/mol. The number of halogens is 2. The van der Waals surface area contributed by atoms with E-state index in [4.69, 9.17) is 37.7 Å². The van der Waals surface area contributed by atoms with Gasteiger partial charge in [-0.25, -0.2) is 4.98 Å². The van der Waals surface area contributed by atoms with Crippen LogP contribution in [0.15, 0.2) is 72.0 Å². The van der Waals surface area contributed by atoms with Crippen LogP contribution >= 0.6 is 23.2 Å². The largest absolute Gasteiger partial charge is 0.480 e. The Labute approximate surface area is 294 Å². The molecule has 0 radical (unpaired) electrons. The zero-order chi connectivity index (χ0) is 34.1. The Kier molecular flexibility index (Phi) is 12.7.